The molecule has 0 saturated heterocycles. The quantitative estimate of drug-likeness (QED) is 0.820. The van der Waals surface area contributed by atoms with E-state index in [2.05, 4.69) is 32.7 Å². The number of carbonyl (C=O) groups excluding carboxylic acids is 1. The highest BCUT2D eigenvalue weighted by Gasteiger charge is 2.20. The highest BCUT2D eigenvalue weighted by molar-refractivity contribution is 5.96. The van der Waals surface area contributed by atoms with Gasteiger partial charge in [0.2, 0.25) is 0 Å². The zero-order valence-electron chi connectivity index (χ0n) is 15.7. The Morgan fingerprint density at radius 2 is 1.64 bits per heavy atom. The largest absolute Gasteiger partial charge is 0.338 e. The summed E-state index contributed by atoms with van der Waals surface area (Å²) >= 11 is 0. The van der Waals surface area contributed by atoms with Gasteiger partial charge in [0.15, 0.2) is 0 Å². The molecule has 0 aliphatic carbocycles. The van der Waals surface area contributed by atoms with Crippen LogP contribution in [0, 0.1) is 11.8 Å². The van der Waals surface area contributed by atoms with E-state index in [4.69, 9.17) is 0 Å². The summed E-state index contributed by atoms with van der Waals surface area (Å²) in [5, 5.41) is 0.268. The number of nitrogens with zero attached hydrogens (tertiary/aromatic N) is 4. The van der Waals surface area contributed by atoms with Gasteiger partial charge in [0.05, 0.1) is 10.9 Å². The summed E-state index contributed by atoms with van der Waals surface area (Å²) < 4.78 is 2.34. The van der Waals surface area contributed by atoms with E-state index in [9.17, 15) is 14.4 Å². The van der Waals surface area contributed by atoms with Crippen LogP contribution >= 0.6 is 0 Å². The number of aryl methyl sites for hydroxylation is 1. The molecule has 1 amide bonds. The average molecular weight is 346 g/mol. The minimum Gasteiger partial charge on any atom is -0.338 e. The van der Waals surface area contributed by atoms with Crippen molar-refractivity contribution in [3.8, 4) is 0 Å². The monoisotopic (exact) mass is 346 g/mol. The summed E-state index contributed by atoms with van der Waals surface area (Å²) in [4.78, 5) is 43.3. The number of carbonyl (C=O) groups is 1. The molecule has 136 valence electrons. The Balaban J connectivity index is 2.55. The number of hydrogen-bond acceptors (Lipinski definition) is 4. The molecular formula is C18H26N4O3. The second-order valence-electron chi connectivity index (χ2n) is 7.30. The van der Waals surface area contributed by atoms with E-state index in [1.54, 1.807) is 18.0 Å². The molecule has 0 atom stereocenters. The molecule has 7 nitrogen and oxygen atoms in total. The van der Waals surface area contributed by atoms with Crippen molar-refractivity contribution in [1.29, 1.82) is 0 Å². The van der Waals surface area contributed by atoms with Crippen LogP contribution in [0.3, 0.4) is 0 Å². The number of rotatable bonds is 5. The maximum absolute atomic E-state index is 12.9. The molecule has 7 heteroatoms. The highest BCUT2D eigenvalue weighted by Crippen LogP contribution is 2.13. The Labute approximate surface area is 146 Å². The molecule has 0 radical (unpaired) electrons. The summed E-state index contributed by atoms with van der Waals surface area (Å²) in [5.74, 6) is 0.530. The maximum atomic E-state index is 12.9. The van der Waals surface area contributed by atoms with Crippen LogP contribution in [-0.4, -0.2) is 38.0 Å². The number of fused-ring (bicyclic) bond motifs is 1. The van der Waals surface area contributed by atoms with E-state index < -0.39 is 11.2 Å². The van der Waals surface area contributed by atoms with Gasteiger partial charge in [-0.15, -0.1) is 0 Å². The lowest BCUT2D eigenvalue weighted by atomic mass is 10.1. The standard InChI is InChI=1S/C18H26N4O3/c1-11(2)9-22(10-12(3)4)16(23)13-7-14-15(19-8-13)20(5)18(25)21(6)17(14)24/h7-8,11-12H,9-10H2,1-6H3. The van der Waals surface area contributed by atoms with Crippen LogP contribution < -0.4 is 11.2 Å². The summed E-state index contributed by atoms with van der Waals surface area (Å²) in [6.45, 7) is 9.52. The van der Waals surface area contributed by atoms with E-state index in [1.165, 1.54) is 17.8 Å². The number of amides is 1. The SMILES string of the molecule is CC(C)CN(CC(C)C)C(=O)c1cnc2c(c1)c(=O)n(C)c(=O)n2C. The van der Waals surface area contributed by atoms with Gasteiger partial charge in [-0.2, -0.15) is 0 Å². The second-order valence-corrected chi connectivity index (χ2v) is 7.30. The molecule has 0 N–H and O–H groups in total. The van der Waals surface area contributed by atoms with Crippen LogP contribution in [0.4, 0.5) is 0 Å². The third kappa shape index (κ3) is 3.81. The molecule has 0 fully saturated rings. The van der Waals surface area contributed by atoms with Crippen molar-refractivity contribution in [2.45, 2.75) is 27.7 Å². The number of pyridine rings is 1. The fourth-order valence-corrected chi connectivity index (χ4v) is 2.89. The van der Waals surface area contributed by atoms with Gasteiger partial charge in [0.1, 0.15) is 5.65 Å². The molecular weight excluding hydrogens is 320 g/mol. The van der Waals surface area contributed by atoms with Crippen LogP contribution in [0.2, 0.25) is 0 Å². The summed E-state index contributed by atoms with van der Waals surface area (Å²) in [7, 11) is 2.98. The van der Waals surface area contributed by atoms with Gasteiger partial charge < -0.3 is 4.90 Å². The number of aromatic nitrogens is 3. The fourth-order valence-electron chi connectivity index (χ4n) is 2.89. The first-order valence-corrected chi connectivity index (χ1v) is 8.48. The molecule has 2 rings (SSSR count). The van der Waals surface area contributed by atoms with Crippen LogP contribution in [0.15, 0.2) is 21.9 Å². The highest BCUT2D eigenvalue weighted by atomic mass is 16.2. The van der Waals surface area contributed by atoms with Crippen molar-refractivity contribution >= 4 is 16.9 Å². The minimum absolute atomic E-state index is 0.146. The Hall–Kier alpha value is -2.44. The molecule has 0 bridgehead atoms. The van der Waals surface area contributed by atoms with Crippen molar-refractivity contribution in [3.63, 3.8) is 0 Å². The first kappa shape index (κ1) is 18.9. The Morgan fingerprint density at radius 1 is 1.08 bits per heavy atom. The molecule has 2 aromatic heterocycles. The lowest BCUT2D eigenvalue weighted by Gasteiger charge is -2.26. The molecule has 0 aliphatic heterocycles. The van der Waals surface area contributed by atoms with Crippen LogP contribution in [0.5, 0.6) is 0 Å². The predicted octanol–water partition coefficient (Wildman–Crippen LogP) is 1.39. The summed E-state index contributed by atoms with van der Waals surface area (Å²) in [6.07, 6.45) is 1.44. The van der Waals surface area contributed by atoms with Crippen molar-refractivity contribution in [2.24, 2.45) is 25.9 Å². The third-order valence-corrected chi connectivity index (χ3v) is 4.00. The Morgan fingerprint density at radius 3 is 2.16 bits per heavy atom. The van der Waals surface area contributed by atoms with Crippen LogP contribution in [-0.2, 0) is 14.1 Å². The van der Waals surface area contributed by atoms with Gasteiger partial charge >= 0.3 is 5.69 Å². The fraction of sp³-hybridized carbons (Fsp3) is 0.556. The molecule has 25 heavy (non-hydrogen) atoms. The molecule has 0 saturated carbocycles. The minimum atomic E-state index is -0.445. The van der Waals surface area contributed by atoms with Crippen LogP contribution in [0.25, 0.3) is 11.0 Å². The Kier molecular flexibility index (Phi) is 5.45. The van der Waals surface area contributed by atoms with E-state index in [0.717, 1.165) is 4.57 Å². The van der Waals surface area contributed by atoms with Gasteiger partial charge in [0.25, 0.3) is 11.5 Å². The van der Waals surface area contributed by atoms with Crippen molar-refractivity contribution < 1.29 is 4.79 Å². The zero-order valence-corrected chi connectivity index (χ0v) is 15.7. The van der Waals surface area contributed by atoms with Gasteiger partial charge in [-0.3, -0.25) is 18.7 Å². The Bertz CT molecular complexity index is 899. The van der Waals surface area contributed by atoms with Crippen molar-refractivity contribution in [1.82, 2.24) is 19.0 Å². The smallest absolute Gasteiger partial charge is 0.332 e. The van der Waals surface area contributed by atoms with Crippen molar-refractivity contribution in [3.05, 3.63) is 38.7 Å². The van der Waals surface area contributed by atoms with Gasteiger partial charge in [-0.25, -0.2) is 9.78 Å². The maximum Gasteiger partial charge on any atom is 0.332 e. The zero-order chi connectivity index (χ0) is 18.9. The van der Waals surface area contributed by atoms with Crippen LogP contribution in [0.1, 0.15) is 38.1 Å². The molecule has 0 aromatic carbocycles. The average Bonchev–Trinajstić information content (AvgIpc) is 2.55. The summed E-state index contributed by atoms with van der Waals surface area (Å²) in [6, 6.07) is 1.54. The van der Waals surface area contributed by atoms with Gasteiger partial charge in [0, 0.05) is 33.4 Å². The lowest BCUT2D eigenvalue weighted by Crippen LogP contribution is -2.38. The third-order valence-electron chi connectivity index (χ3n) is 4.00. The van der Waals surface area contributed by atoms with Gasteiger partial charge in [-0.1, -0.05) is 27.7 Å². The summed E-state index contributed by atoms with van der Waals surface area (Å²) in [5.41, 5.74) is -0.238. The topological polar surface area (TPSA) is 77.2 Å². The first-order valence-electron chi connectivity index (χ1n) is 8.48. The lowest BCUT2D eigenvalue weighted by molar-refractivity contribution is 0.0715. The van der Waals surface area contributed by atoms with E-state index >= 15 is 0 Å². The molecule has 0 aliphatic rings. The van der Waals surface area contributed by atoms with Crippen molar-refractivity contribution in [2.75, 3.05) is 13.1 Å². The predicted molar refractivity (Wildman–Crippen MR) is 97.8 cm³/mol. The number of hydrogen-bond donors (Lipinski definition) is 0. The van der Waals surface area contributed by atoms with E-state index in [0.29, 0.717) is 30.5 Å². The van der Waals surface area contributed by atoms with E-state index in [1.807, 2.05) is 0 Å². The molecule has 2 aromatic rings. The molecule has 2 heterocycles. The molecule has 0 unspecified atom stereocenters. The van der Waals surface area contributed by atoms with E-state index in [-0.39, 0.29) is 16.9 Å². The normalized spacial score (nSPS) is 11.5. The first-order chi connectivity index (χ1) is 11.6. The molecule has 0 spiro atoms. The van der Waals surface area contributed by atoms with Gasteiger partial charge in [-0.05, 0) is 17.9 Å². The second kappa shape index (κ2) is 7.21.